The van der Waals surface area contributed by atoms with Crippen molar-refractivity contribution in [3.05, 3.63) is 106 Å². The van der Waals surface area contributed by atoms with Crippen molar-refractivity contribution < 1.29 is 14.3 Å². The molecule has 0 bridgehead atoms. The number of amides is 1. The zero-order valence-electron chi connectivity index (χ0n) is 19.5. The van der Waals surface area contributed by atoms with Gasteiger partial charge in [-0.1, -0.05) is 65.7 Å². The van der Waals surface area contributed by atoms with Gasteiger partial charge in [0.25, 0.3) is 5.91 Å². The third-order valence-corrected chi connectivity index (χ3v) is 6.98. The van der Waals surface area contributed by atoms with Crippen LogP contribution in [0.15, 0.2) is 84.2 Å². The van der Waals surface area contributed by atoms with Gasteiger partial charge in [0.2, 0.25) is 0 Å². The van der Waals surface area contributed by atoms with Crippen LogP contribution in [0.2, 0.25) is 5.02 Å². The second-order valence-electron chi connectivity index (χ2n) is 8.25. The maximum absolute atomic E-state index is 13.6. The largest absolute Gasteiger partial charge is 0.465 e. The van der Waals surface area contributed by atoms with Crippen LogP contribution in [-0.4, -0.2) is 24.0 Å². The number of ether oxygens (including phenoxy) is 1. The standard InChI is InChI=1S/C29H21ClN2O3S/c1-17-6-5-7-19(14-17)25-15-22(21-8-3-4-9-24(21)31-25)27(33)32-28-26(29(34)35-2)23(16-36-28)18-10-12-20(30)13-11-18/h3-16H,1-2H3,(H,32,33). The molecule has 0 spiro atoms. The zero-order valence-corrected chi connectivity index (χ0v) is 21.1. The number of nitrogens with zero attached hydrogens (tertiary/aromatic N) is 1. The van der Waals surface area contributed by atoms with E-state index in [1.807, 2.05) is 73.0 Å². The van der Waals surface area contributed by atoms with E-state index in [0.717, 1.165) is 22.1 Å². The first kappa shape index (κ1) is 23.7. The molecule has 5 nitrogen and oxygen atoms in total. The molecular formula is C29H21ClN2O3S. The highest BCUT2D eigenvalue weighted by atomic mass is 35.5. The molecule has 178 valence electrons. The van der Waals surface area contributed by atoms with Crippen molar-refractivity contribution in [2.45, 2.75) is 6.92 Å². The number of para-hydroxylation sites is 1. The lowest BCUT2D eigenvalue weighted by Gasteiger charge is -2.12. The average molecular weight is 513 g/mol. The van der Waals surface area contributed by atoms with Crippen molar-refractivity contribution in [2.24, 2.45) is 0 Å². The number of nitrogens with one attached hydrogen (secondary N) is 1. The Labute approximate surface area is 217 Å². The van der Waals surface area contributed by atoms with Crippen LogP contribution in [0.4, 0.5) is 5.00 Å². The molecule has 0 fully saturated rings. The van der Waals surface area contributed by atoms with E-state index in [1.54, 1.807) is 18.2 Å². The minimum absolute atomic E-state index is 0.301. The van der Waals surface area contributed by atoms with E-state index in [4.69, 9.17) is 21.3 Å². The van der Waals surface area contributed by atoms with Crippen LogP contribution in [-0.2, 0) is 4.74 Å². The summed E-state index contributed by atoms with van der Waals surface area (Å²) in [6, 6.07) is 24.5. The number of carbonyl (C=O) groups is 2. The Bertz CT molecular complexity index is 1610. The van der Waals surface area contributed by atoms with E-state index < -0.39 is 5.97 Å². The first-order valence-electron chi connectivity index (χ1n) is 11.2. The van der Waals surface area contributed by atoms with Gasteiger partial charge in [-0.05, 0) is 42.8 Å². The van der Waals surface area contributed by atoms with Crippen molar-refractivity contribution in [2.75, 3.05) is 12.4 Å². The minimum Gasteiger partial charge on any atom is -0.465 e. The van der Waals surface area contributed by atoms with Gasteiger partial charge in [0, 0.05) is 26.9 Å². The predicted molar refractivity (Wildman–Crippen MR) is 146 cm³/mol. The maximum atomic E-state index is 13.6. The monoisotopic (exact) mass is 512 g/mol. The van der Waals surface area contributed by atoms with Crippen molar-refractivity contribution in [3.8, 4) is 22.4 Å². The normalized spacial score (nSPS) is 10.9. The summed E-state index contributed by atoms with van der Waals surface area (Å²) in [5.74, 6) is -0.867. The van der Waals surface area contributed by atoms with Crippen molar-refractivity contribution in [1.29, 1.82) is 0 Å². The van der Waals surface area contributed by atoms with Gasteiger partial charge in [0.1, 0.15) is 10.6 Å². The Morgan fingerprint density at radius 1 is 0.944 bits per heavy atom. The van der Waals surface area contributed by atoms with Crippen molar-refractivity contribution >= 4 is 50.7 Å². The summed E-state index contributed by atoms with van der Waals surface area (Å²) in [7, 11) is 1.32. The van der Waals surface area contributed by atoms with Crippen LogP contribution in [0.3, 0.4) is 0 Å². The number of thiophene rings is 1. The number of halogens is 1. The molecule has 5 rings (SSSR count). The van der Waals surface area contributed by atoms with E-state index in [1.165, 1.54) is 18.4 Å². The van der Waals surface area contributed by atoms with Gasteiger partial charge in [-0.2, -0.15) is 0 Å². The summed E-state index contributed by atoms with van der Waals surface area (Å²) in [6.07, 6.45) is 0. The van der Waals surface area contributed by atoms with Gasteiger partial charge in [0.15, 0.2) is 0 Å². The number of pyridine rings is 1. The van der Waals surface area contributed by atoms with Gasteiger partial charge < -0.3 is 10.1 Å². The van der Waals surface area contributed by atoms with Crippen molar-refractivity contribution in [1.82, 2.24) is 4.98 Å². The fraction of sp³-hybridized carbons (Fsp3) is 0.0690. The highest BCUT2D eigenvalue weighted by Crippen LogP contribution is 2.37. The van der Waals surface area contributed by atoms with Crippen LogP contribution < -0.4 is 5.32 Å². The Hall–Kier alpha value is -4.00. The number of rotatable bonds is 5. The second kappa shape index (κ2) is 9.93. The third kappa shape index (κ3) is 4.61. The Kier molecular flexibility index (Phi) is 6.55. The van der Waals surface area contributed by atoms with Crippen LogP contribution in [0.5, 0.6) is 0 Å². The molecule has 1 amide bonds. The number of esters is 1. The molecular weight excluding hydrogens is 492 g/mol. The van der Waals surface area contributed by atoms with Gasteiger partial charge in [-0.15, -0.1) is 11.3 Å². The topological polar surface area (TPSA) is 68.3 Å². The van der Waals surface area contributed by atoms with Crippen LogP contribution in [0.1, 0.15) is 26.3 Å². The summed E-state index contributed by atoms with van der Waals surface area (Å²) in [6.45, 7) is 2.02. The number of hydrogen-bond acceptors (Lipinski definition) is 5. The first-order chi connectivity index (χ1) is 17.4. The summed E-state index contributed by atoms with van der Waals surface area (Å²) < 4.78 is 5.05. The molecule has 0 saturated heterocycles. The number of carbonyl (C=O) groups excluding carboxylic acids is 2. The molecule has 0 unspecified atom stereocenters. The van der Waals surface area contributed by atoms with Crippen LogP contribution >= 0.6 is 22.9 Å². The minimum atomic E-state index is -0.531. The Balaban J connectivity index is 1.58. The fourth-order valence-corrected chi connectivity index (χ4v) is 5.16. The molecule has 7 heteroatoms. The summed E-state index contributed by atoms with van der Waals surface area (Å²) in [5, 5.41) is 6.51. The molecule has 0 atom stereocenters. The molecule has 0 radical (unpaired) electrons. The predicted octanol–water partition coefficient (Wildman–Crippen LogP) is 7.63. The molecule has 3 aromatic carbocycles. The van der Waals surface area contributed by atoms with E-state index >= 15 is 0 Å². The van der Waals surface area contributed by atoms with Gasteiger partial charge in [0.05, 0.1) is 23.9 Å². The highest BCUT2D eigenvalue weighted by molar-refractivity contribution is 7.15. The molecule has 2 heterocycles. The summed E-state index contributed by atoms with van der Waals surface area (Å²) in [4.78, 5) is 31.2. The lowest BCUT2D eigenvalue weighted by atomic mass is 10.0. The fourth-order valence-electron chi connectivity index (χ4n) is 4.08. The quantitative estimate of drug-likeness (QED) is 0.246. The Morgan fingerprint density at radius 3 is 2.47 bits per heavy atom. The summed E-state index contributed by atoms with van der Waals surface area (Å²) >= 11 is 7.30. The van der Waals surface area contributed by atoms with E-state index in [9.17, 15) is 9.59 Å². The van der Waals surface area contributed by atoms with E-state index in [-0.39, 0.29) is 5.91 Å². The van der Waals surface area contributed by atoms with Gasteiger partial charge in [-0.25, -0.2) is 9.78 Å². The number of benzene rings is 3. The molecule has 2 aromatic heterocycles. The maximum Gasteiger partial charge on any atom is 0.341 e. The van der Waals surface area contributed by atoms with Crippen LogP contribution in [0.25, 0.3) is 33.3 Å². The number of aryl methyl sites for hydroxylation is 1. The van der Waals surface area contributed by atoms with E-state index in [2.05, 4.69) is 5.32 Å². The molecule has 0 aliphatic rings. The molecule has 36 heavy (non-hydrogen) atoms. The SMILES string of the molecule is COC(=O)c1c(-c2ccc(Cl)cc2)csc1NC(=O)c1cc(-c2cccc(C)c2)nc2ccccc12. The van der Waals surface area contributed by atoms with Crippen LogP contribution in [0, 0.1) is 6.92 Å². The molecule has 0 saturated carbocycles. The smallest absolute Gasteiger partial charge is 0.341 e. The Morgan fingerprint density at radius 2 is 1.72 bits per heavy atom. The second-order valence-corrected chi connectivity index (χ2v) is 9.56. The molecule has 0 aliphatic carbocycles. The summed E-state index contributed by atoms with van der Waals surface area (Å²) in [5.41, 5.74) is 5.67. The highest BCUT2D eigenvalue weighted by Gasteiger charge is 2.24. The molecule has 1 N–H and O–H groups in total. The number of fused-ring (bicyclic) bond motifs is 1. The van der Waals surface area contributed by atoms with Gasteiger partial charge >= 0.3 is 5.97 Å². The lowest BCUT2D eigenvalue weighted by molar-refractivity contribution is 0.0603. The first-order valence-corrected chi connectivity index (χ1v) is 12.4. The lowest BCUT2D eigenvalue weighted by Crippen LogP contribution is -2.15. The van der Waals surface area contributed by atoms with E-state index in [0.29, 0.717) is 37.9 Å². The number of aromatic nitrogens is 1. The number of anilines is 1. The van der Waals surface area contributed by atoms with Gasteiger partial charge in [-0.3, -0.25) is 4.79 Å². The average Bonchev–Trinajstić information content (AvgIpc) is 3.31. The number of methoxy groups -OCH3 is 1. The molecule has 0 aliphatic heterocycles. The van der Waals surface area contributed by atoms with Crippen molar-refractivity contribution in [3.63, 3.8) is 0 Å². The third-order valence-electron chi connectivity index (χ3n) is 5.84. The zero-order chi connectivity index (χ0) is 25.2. The number of hydrogen-bond donors (Lipinski definition) is 1. The molecule has 5 aromatic rings.